The highest BCUT2D eigenvalue weighted by Gasteiger charge is 2.43. The SMILES string of the molecule is CC(C)(C(=O)N1CCc2[nH]cnc2[C@H]1c1cc2ccccc2o1)c1cnco1. The molecule has 0 spiro atoms. The lowest BCUT2D eigenvalue weighted by Gasteiger charge is -2.37. The van der Waals surface area contributed by atoms with Gasteiger partial charge in [0.25, 0.3) is 0 Å². The molecule has 1 aliphatic heterocycles. The molecule has 0 saturated carbocycles. The Bertz CT molecular complexity index is 1110. The Morgan fingerprint density at radius 3 is 2.96 bits per heavy atom. The second-order valence-corrected chi connectivity index (χ2v) is 7.59. The van der Waals surface area contributed by atoms with E-state index >= 15 is 0 Å². The van der Waals surface area contributed by atoms with Crippen LogP contribution in [0.4, 0.5) is 0 Å². The van der Waals surface area contributed by atoms with Gasteiger partial charge in [0.05, 0.1) is 18.2 Å². The zero-order valence-electron chi connectivity index (χ0n) is 15.7. The van der Waals surface area contributed by atoms with Gasteiger partial charge in [-0.25, -0.2) is 9.97 Å². The van der Waals surface area contributed by atoms with Crippen LogP contribution in [0.3, 0.4) is 0 Å². The Kier molecular flexibility index (Phi) is 3.65. The summed E-state index contributed by atoms with van der Waals surface area (Å²) < 4.78 is 11.6. The van der Waals surface area contributed by atoms with E-state index in [0.29, 0.717) is 24.5 Å². The highest BCUT2D eigenvalue weighted by atomic mass is 16.3. The van der Waals surface area contributed by atoms with Crippen molar-refractivity contribution in [2.45, 2.75) is 31.7 Å². The zero-order chi connectivity index (χ0) is 19.3. The number of oxazole rings is 1. The Balaban J connectivity index is 1.61. The molecule has 7 heteroatoms. The van der Waals surface area contributed by atoms with Gasteiger partial charge in [0, 0.05) is 24.0 Å². The molecular weight excluding hydrogens is 356 g/mol. The molecule has 7 nitrogen and oxygen atoms in total. The van der Waals surface area contributed by atoms with Crippen molar-refractivity contribution in [3.63, 3.8) is 0 Å². The normalized spacial score (nSPS) is 17.1. The van der Waals surface area contributed by atoms with Crippen LogP contribution in [0.5, 0.6) is 0 Å². The van der Waals surface area contributed by atoms with E-state index in [-0.39, 0.29) is 5.91 Å². The zero-order valence-corrected chi connectivity index (χ0v) is 15.7. The lowest BCUT2D eigenvalue weighted by atomic mass is 9.86. The molecule has 1 aromatic carbocycles. The van der Waals surface area contributed by atoms with Gasteiger partial charge in [-0.3, -0.25) is 4.79 Å². The second kappa shape index (κ2) is 6.09. The number of H-pyrrole nitrogens is 1. The van der Waals surface area contributed by atoms with E-state index in [1.165, 1.54) is 6.39 Å². The fourth-order valence-electron chi connectivity index (χ4n) is 3.91. The Morgan fingerprint density at radius 2 is 2.18 bits per heavy atom. The molecule has 0 fully saturated rings. The smallest absolute Gasteiger partial charge is 0.236 e. The van der Waals surface area contributed by atoms with Crippen molar-refractivity contribution in [3.05, 3.63) is 72.2 Å². The van der Waals surface area contributed by atoms with E-state index in [9.17, 15) is 4.79 Å². The first-order chi connectivity index (χ1) is 13.6. The standard InChI is InChI=1S/C21H20N4O3/c1-21(2,17-10-22-12-27-17)20(26)25-8-7-14-18(24-11-23-14)19(25)16-9-13-5-3-4-6-15(13)28-16/h3-6,9-12,19H,7-8H2,1-2H3,(H,23,24)/t19-/m1/s1. The minimum absolute atomic E-state index is 0.0524. The number of imidazole rings is 1. The van der Waals surface area contributed by atoms with Gasteiger partial charge in [0.2, 0.25) is 5.91 Å². The molecule has 1 N–H and O–H groups in total. The Hall–Kier alpha value is -3.35. The number of para-hydroxylation sites is 1. The molecular formula is C21H20N4O3. The number of fused-ring (bicyclic) bond motifs is 2. The molecule has 142 valence electrons. The summed E-state index contributed by atoms with van der Waals surface area (Å²) >= 11 is 0. The number of aromatic amines is 1. The van der Waals surface area contributed by atoms with Gasteiger partial charge in [-0.2, -0.15) is 0 Å². The molecule has 1 aliphatic rings. The maximum atomic E-state index is 13.6. The summed E-state index contributed by atoms with van der Waals surface area (Å²) in [6, 6.07) is 9.44. The average Bonchev–Trinajstić information content (AvgIpc) is 3.46. The van der Waals surface area contributed by atoms with Crippen LogP contribution in [0.15, 0.2) is 58.1 Å². The van der Waals surface area contributed by atoms with Crippen LogP contribution in [-0.2, 0) is 16.6 Å². The molecule has 3 aromatic heterocycles. The first kappa shape index (κ1) is 16.8. The molecule has 0 unspecified atom stereocenters. The predicted octanol–water partition coefficient (Wildman–Crippen LogP) is 3.60. The van der Waals surface area contributed by atoms with E-state index in [2.05, 4.69) is 15.0 Å². The monoisotopic (exact) mass is 376 g/mol. The van der Waals surface area contributed by atoms with Gasteiger partial charge in [-0.1, -0.05) is 18.2 Å². The third-order valence-electron chi connectivity index (χ3n) is 5.48. The summed E-state index contributed by atoms with van der Waals surface area (Å²) in [5, 5.41) is 1.00. The topological polar surface area (TPSA) is 88.2 Å². The van der Waals surface area contributed by atoms with Crippen molar-refractivity contribution in [2.75, 3.05) is 6.54 Å². The number of hydrogen-bond donors (Lipinski definition) is 1. The molecule has 5 rings (SSSR count). The summed E-state index contributed by atoms with van der Waals surface area (Å²) in [6.07, 6.45) is 5.33. The van der Waals surface area contributed by atoms with E-state index in [4.69, 9.17) is 8.83 Å². The molecule has 1 atom stereocenters. The van der Waals surface area contributed by atoms with E-state index < -0.39 is 11.5 Å². The van der Waals surface area contributed by atoms with Crippen molar-refractivity contribution < 1.29 is 13.6 Å². The molecule has 1 amide bonds. The number of nitrogens with zero attached hydrogens (tertiary/aromatic N) is 3. The highest BCUT2D eigenvalue weighted by Crippen LogP contribution is 2.39. The van der Waals surface area contributed by atoms with Crippen LogP contribution >= 0.6 is 0 Å². The molecule has 0 saturated heterocycles. The molecule has 0 aliphatic carbocycles. The number of carbonyl (C=O) groups excluding carboxylic acids is 1. The number of furan rings is 1. The average molecular weight is 376 g/mol. The summed E-state index contributed by atoms with van der Waals surface area (Å²) in [7, 11) is 0. The molecule has 0 bridgehead atoms. The molecule has 4 heterocycles. The summed E-state index contributed by atoms with van der Waals surface area (Å²) in [5.41, 5.74) is 1.80. The summed E-state index contributed by atoms with van der Waals surface area (Å²) in [6.45, 7) is 4.27. The third kappa shape index (κ3) is 2.46. The first-order valence-corrected chi connectivity index (χ1v) is 9.26. The van der Waals surface area contributed by atoms with Crippen LogP contribution in [0, 0.1) is 0 Å². The number of aromatic nitrogens is 3. The van der Waals surface area contributed by atoms with Gasteiger partial charge in [0.1, 0.15) is 28.6 Å². The second-order valence-electron chi connectivity index (χ2n) is 7.59. The number of amides is 1. The minimum atomic E-state index is -0.853. The summed E-state index contributed by atoms with van der Waals surface area (Å²) in [5.74, 6) is 1.19. The van der Waals surface area contributed by atoms with Crippen molar-refractivity contribution in [1.29, 1.82) is 0 Å². The lowest BCUT2D eigenvalue weighted by Crippen LogP contribution is -2.48. The van der Waals surface area contributed by atoms with Crippen LogP contribution in [0.2, 0.25) is 0 Å². The van der Waals surface area contributed by atoms with Crippen LogP contribution in [0.1, 0.15) is 42.8 Å². The van der Waals surface area contributed by atoms with Gasteiger partial charge in [-0.15, -0.1) is 0 Å². The van der Waals surface area contributed by atoms with Crippen molar-refractivity contribution in [2.24, 2.45) is 0 Å². The molecule has 28 heavy (non-hydrogen) atoms. The van der Waals surface area contributed by atoms with Crippen molar-refractivity contribution >= 4 is 16.9 Å². The van der Waals surface area contributed by atoms with E-state index in [0.717, 1.165) is 22.4 Å². The van der Waals surface area contributed by atoms with Gasteiger partial charge in [0.15, 0.2) is 6.39 Å². The third-order valence-corrected chi connectivity index (χ3v) is 5.48. The van der Waals surface area contributed by atoms with Crippen molar-refractivity contribution in [3.8, 4) is 0 Å². The number of rotatable bonds is 3. The number of hydrogen-bond acceptors (Lipinski definition) is 5. The molecule has 4 aromatic rings. The Morgan fingerprint density at radius 1 is 1.32 bits per heavy atom. The van der Waals surface area contributed by atoms with Crippen LogP contribution < -0.4 is 0 Å². The largest absolute Gasteiger partial charge is 0.458 e. The summed E-state index contributed by atoms with van der Waals surface area (Å²) in [4.78, 5) is 27.1. The number of nitrogens with one attached hydrogen (secondary N) is 1. The fraction of sp³-hybridized carbons (Fsp3) is 0.286. The van der Waals surface area contributed by atoms with Crippen molar-refractivity contribution in [1.82, 2.24) is 19.9 Å². The van der Waals surface area contributed by atoms with Gasteiger partial charge in [-0.05, 0) is 26.0 Å². The number of benzene rings is 1. The van der Waals surface area contributed by atoms with Crippen LogP contribution in [-0.4, -0.2) is 32.3 Å². The Labute approximate surface area is 161 Å². The maximum Gasteiger partial charge on any atom is 0.236 e. The first-order valence-electron chi connectivity index (χ1n) is 9.26. The van der Waals surface area contributed by atoms with Gasteiger partial charge >= 0.3 is 0 Å². The highest BCUT2D eigenvalue weighted by molar-refractivity contribution is 5.88. The maximum absolute atomic E-state index is 13.6. The molecule has 0 radical (unpaired) electrons. The van der Waals surface area contributed by atoms with E-state index in [1.54, 1.807) is 12.5 Å². The quantitative estimate of drug-likeness (QED) is 0.590. The minimum Gasteiger partial charge on any atom is -0.458 e. The van der Waals surface area contributed by atoms with E-state index in [1.807, 2.05) is 49.1 Å². The van der Waals surface area contributed by atoms with Gasteiger partial charge < -0.3 is 18.7 Å². The fourth-order valence-corrected chi connectivity index (χ4v) is 3.91. The lowest BCUT2D eigenvalue weighted by molar-refractivity contribution is -0.139. The van der Waals surface area contributed by atoms with Crippen LogP contribution in [0.25, 0.3) is 11.0 Å². The predicted molar refractivity (Wildman–Crippen MR) is 102 cm³/mol. The number of carbonyl (C=O) groups is 1.